The van der Waals surface area contributed by atoms with Crippen LogP contribution in [0.25, 0.3) is 5.57 Å². The van der Waals surface area contributed by atoms with Gasteiger partial charge in [-0.05, 0) is 41.0 Å². The van der Waals surface area contributed by atoms with E-state index in [0.717, 1.165) is 0 Å². The van der Waals surface area contributed by atoms with E-state index in [2.05, 4.69) is 6.58 Å². The lowest BCUT2D eigenvalue weighted by molar-refractivity contribution is 0.105. The van der Waals surface area contributed by atoms with Crippen LogP contribution in [-0.4, -0.2) is 37.3 Å². The van der Waals surface area contributed by atoms with Crippen molar-refractivity contribution in [1.29, 1.82) is 0 Å². The Morgan fingerprint density at radius 1 is 0.885 bits per heavy atom. The van der Waals surface area contributed by atoms with Gasteiger partial charge in [0.1, 0.15) is 5.75 Å². The van der Waals surface area contributed by atoms with Crippen LogP contribution in [0.1, 0.15) is 27.0 Å². The van der Waals surface area contributed by atoms with Crippen LogP contribution in [0.2, 0.25) is 0 Å². The van der Waals surface area contributed by atoms with Crippen LogP contribution >= 0.6 is 0 Å². The van der Waals surface area contributed by atoms with Gasteiger partial charge in [-0.15, -0.1) is 0 Å². The van der Waals surface area contributed by atoms with E-state index in [-0.39, 0.29) is 30.1 Å². The predicted octanol–water partition coefficient (Wildman–Crippen LogP) is 2.59. The molecule has 6 heteroatoms. The van der Waals surface area contributed by atoms with Crippen molar-refractivity contribution in [2.75, 3.05) is 21.3 Å². The van der Waals surface area contributed by atoms with Crippen molar-refractivity contribution in [3.05, 3.63) is 59.2 Å². The molecule has 6 nitrogen and oxygen atoms in total. The van der Waals surface area contributed by atoms with Gasteiger partial charge in [0.15, 0.2) is 17.3 Å². The number of ether oxygens (including phenoxy) is 3. The van der Waals surface area contributed by atoms with Gasteiger partial charge in [0.25, 0.3) is 0 Å². The van der Waals surface area contributed by atoms with Gasteiger partial charge in [0.05, 0.1) is 40.1 Å². The molecule has 0 spiro atoms. The molecule has 2 rings (SSSR count). The number of carbonyl (C=O) groups excluding carboxylic acids is 1. The first-order valence-corrected chi connectivity index (χ1v) is 7.88. The quantitative estimate of drug-likeness (QED) is 0.557. The summed E-state index contributed by atoms with van der Waals surface area (Å²) < 4.78 is 15.7. The van der Waals surface area contributed by atoms with Crippen molar-refractivity contribution in [3.8, 4) is 17.2 Å². The maximum Gasteiger partial charge on any atom is 0.196 e. The molecule has 0 bridgehead atoms. The lowest BCUT2D eigenvalue weighted by Crippen LogP contribution is -2.08. The summed E-state index contributed by atoms with van der Waals surface area (Å²) in [5.41, 5.74) is 2.03. The number of hydrogen-bond donors (Lipinski definition) is 2. The number of allylic oxidation sites excluding steroid dienone is 1. The van der Waals surface area contributed by atoms with E-state index in [1.165, 1.54) is 27.4 Å². The summed E-state index contributed by atoms with van der Waals surface area (Å²) in [5, 5.41) is 18.9. The van der Waals surface area contributed by atoms with Crippen molar-refractivity contribution in [2.45, 2.75) is 13.2 Å². The standard InChI is InChI=1S/C20H22O6/c1-12(13-5-6-17(24-2)19(8-13)26-4)20(23)16-7-14(10-21)15(11-22)9-18(16)25-3/h5-9,21-22H,1,10-11H2,2-4H3. The molecule has 0 amide bonds. The first-order chi connectivity index (χ1) is 12.5. The third-order valence-electron chi connectivity index (χ3n) is 4.11. The first-order valence-electron chi connectivity index (χ1n) is 7.88. The molecule has 0 aliphatic heterocycles. The smallest absolute Gasteiger partial charge is 0.196 e. The average molecular weight is 358 g/mol. The van der Waals surface area contributed by atoms with Crippen LogP contribution in [0.3, 0.4) is 0 Å². The highest BCUT2D eigenvalue weighted by Crippen LogP contribution is 2.33. The average Bonchev–Trinajstić information content (AvgIpc) is 2.70. The number of ketones is 1. The Morgan fingerprint density at radius 3 is 2.00 bits per heavy atom. The summed E-state index contributed by atoms with van der Waals surface area (Å²) in [5.74, 6) is 0.979. The Morgan fingerprint density at radius 2 is 1.46 bits per heavy atom. The number of methoxy groups -OCH3 is 3. The minimum absolute atomic E-state index is 0.241. The van der Waals surface area contributed by atoms with Gasteiger partial charge in [-0.25, -0.2) is 0 Å². The highest BCUT2D eigenvalue weighted by molar-refractivity contribution is 6.29. The lowest BCUT2D eigenvalue weighted by Gasteiger charge is -2.15. The molecular weight excluding hydrogens is 336 g/mol. The van der Waals surface area contributed by atoms with E-state index in [0.29, 0.717) is 33.9 Å². The fourth-order valence-electron chi connectivity index (χ4n) is 2.63. The van der Waals surface area contributed by atoms with Crippen LogP contribution in [0.15, 0.2) is 36.9 Å². The Kier molecular flexibility index (Phi) is 6.38. The highest BCUT2D eigenvalue weighted by Gasteiger charge is 2.20. The number of aliphatic hydroxyl groups is 2. The third kappa shape index (κ3) is 3.71. The van der Waals surface area contributed by atoms with Gasteiger partial charge in [-0.3, -0.25) is 4.79 Å². The monoisotopic (exact) mass is 358 g/mol. The van der Waals surface area contributed by atoms with E-state index in [1.807, 2.05) is 0 Å². The van der Waals surface area contributed by atoms with Crippen molar-refractivity contribution in [3.63, 3.8) is 0 Å². The topological polar surface area (TPSA) is 85.2 Å². The van der Waals surface area contributed by atoms with Crippen molar-refractivity contribution in [2.24, 2.45) is 0 Å². The van der Waals surface area contributed by atoms with E-state index in [9.17, 15) is 15.0 Å². The molecule has 0 saturated carbocycles. The van der Waals surface area contributed by atoms with Crippen molar-refractivity contribution < 1.29 is 29.2 Å². The summed E-state index contributed by atoms with van der Waals surface area (Å²) >= 11 is 0. The second-order valence-electron chi connectivity index (χ2n) is 5.51. The zero-order valence-electron chi connectivity index (χ0n) is 15.0. The van der Waals surface area contributed by atoms with E-state index in [1.54, 1.807) is 24.3 Å². The fourth-order valence-corrected chi connectivity index (χ4v) is 2.63. The van der Waals surface area contributed by atoms with Crippen molar-refractivity contribution >= 4 is 11.4 Å². The van der Waals surface area contributed by atoms with Crippen molar-refractivity contribution in [1.82, 2.24) is 0 Å². The summed E-state index contributed by atoms with van der Waals surface area (Å²) in [6, 6.07) is 8.13. The molecule has 0 atom stereocenters. The van der Waals surface area contributed by atoms with Gasteiger partial charge < -0.3 is 24.4 Å². The third-order valence-corrected chi connectivity index (χ3v) is 4.11. The SMILES string of the molecule is C=C(C(=O)c1cc(CO)c(CO)cc1OC)c1ccc(OC)c(OC)c1. The predicted molar refractivity (Wildman–Crippen MR) is 97.8 cm³/mol. The maximum atomic E-state index is 13.0. The molecule has 138 valence electrons. The normalized spacial score (nSPS) is 10.3. The molecule has 0 aromatic heterocycles. The van der Waals surface area contributed by atoms with E-state index in [4.69, 9.17) is 14.2 Å². The minimum atomic E-state index is -0.353. The number of rotatable bonds is 8. The molecule has 0 radical (unpaired) electrons. The van der Waals surface area contributed by atoms with Gasteiger partial charge in [0.2, 0.25) is 0 Å². The van der Waals surface area contributed by atoms with Gasteiger partial charge >= 0.3 is 0 Å². The second-order valence-corrected chi connectivity index (χ2v) is 5.51. The van der Waals surface area contributed by atoms with E-state index < -0.39 is 0 Å². The van der Waals surface area contributed by atoms with E-state index >= 15 is 0 Å². The maximum absolute atomic E-state index is 13.0. The fraction of sp³-hybridized carbons (Fsp3) is 0.250. The molecule has 26 heavy (non-hydrogen) atoms. The largest absolute Gasteiger partial charge is 0.496 e. The Balaban J connectivity index is 2.47. The summed E-state index contributed by atoms with van der Waals surface area (Å²) in [4.78, 5) is 13.0. The molecule has 2 N–H and O–H groups in total. The lowest BCUT2D eigenvalue weighted by atomic mass is 9.94. The number of benzene rings is 2. The van der Waals surface area contributed by atoms with Gasteiger partial charge in [-0.2, -0.15) is 0 Å². The molecule has 0 aliphatic rings. The molecule has 0 heterocycles. The Labute approximate surface area is 152 Å². The molecule has 2 aromatic carbocycles. The Bertz CT molecular complexity index is 825. The van der Waals surface area contributed by atoms with Gasteiger partial charge in [0, 0.05) is 5.57 Å². The van der Waals surface area contributed by atoms with Crippen LogP contribution in [0.4, 0.5) is 0 Å². The number of Topliss-reactive ketones (excluding diaryl/α,β-unsaturated/α-hetero) is 1. The van der Waals surface area contributed by atoms with Crippen LogP contribution in [-0.2, 0) is 13.2 Å². The molecular formula is C20H22O6. The molecule has 0 unspecified atom stereocenters. The van der Waals surface area contributed by atoms with Crippen LogP contribution < -0.4 is 14.2 Å². The minimum Gasteiger partial charge on any atom is -0.496 e. The zero-order valence-corrected chi connectivity index (χ0v) is 15.0. The summed E-state index contributed by atoms with van der Waals surface area (Å²) in [6.45, 7) is 3.32. The number of aliphatic hydroxyl groups excluding tert-OH is 2. The molecule has 2 aromatic rings. The van der Waals surface area contributed by atoms with Gasteiger partial charge in [-0.1, -0.05) is 12.6 Å². The molecule has 0 aliphatic carbocycles. The first kappa shape index (κ1) is 19.5. The van der Waals surface area contributed by atoms with Crippen LogP contribution in [0.5, 0.6) is 17.2 Å². The highest BCUT2D eigenvalue weighted by atomic mass is 16.5. The zero-order chi connectivity index (χ0) is 19.3. The number of carbonyl (C=O) groups is 1. The molecule has 0 fully saturated rings. The number of hydrogen-bond acceptors (Lipinski definition) is 6. The van der Waals surface area contributed by atoms with Crippen LogP contribution in [0, 0.1) is 0 Å². The summed E-state index contributed by atoms with van der Waals surface area (Å²) in [7, 11) is 4.48. The summed E-state index contributed by atoms with van der Waals surface area (Å²) in [6.07, 6.45) is 0. The second kappa shape index (κ2) is 8.51. The Hall–Kier alpha value is -2.83. The molecule has 0 saturated heterocycles.